The lowest BCUT2D eigenvalue weighted by atomic mass is 9.85. The first-order valence-corrected chi connectivity index (χ1v) is 23.7. The van der Waals surface area contributed by atoms with Crippen molar-refractivity contribution >= 4 is 32.0 Å². The van der Waals surface area contributed by atoms with Crippen molar-refractivity contribution in [3.63, 3.8) is 0 Å². The number of hydrogen-bond donors (Lipinski definition) is 3. The highest BCUT2D eigenvalue weighted by Crippen LogP contribution is 2.40. The predicted molar refractivity (Wildman–Crippen MR) is 198 cm³/mol. The molecule has 0 radical (unpaired) electrons. The van der Waals surface area contributed by atoms with Crippen LogP contribution >= 0.6 is 0 Å². The molecular formula is C34H62N4O4Si3. The van der Waals surface area contributed by atoms with Crippen LogP contribution in [0.4, 0.5) is 0 Å². The number of amidine groups is 1. The van der Waals surface area contributed by atoms with Gasteiger partial charge in [-0.1, -0.05) is 81.0 Å². The maximum atomic E-state index is 7.09. The molecule has 1 aromatic rings. The average molecular weight is 675 g/mol. The average Bonchev–Trinajstić information content (AvgIpc) is 2.86. The topological polar surface area (TPSA) is 113 Å². The standard InChI is InChI=1S/C34H62N4O4Si3/c1-23(2)25-20-26(39-11)24(17-18-44(12,13)14)19-27(25)41-28-21-37-34(36,38-30(28)35)29(22-40-45(15,16)32(6,7)8)33(9,10)42-43-31(3,4)5/h19-21,23,29,37H,22,36,43H2,1-16H3,(H2,35,38). The van der Waals surface area contributed by atoms with Gasteiger partial charge in [0.05, 0.1) is 24.2 Å². The highest BCUT2D eigenvalue weighted by atomic mass is 28.4. The van der Waals surface area contributed by atoms with Crippen LogP contribution in [0.25, 0.3) is 0 Å². The Bertz CT molecular complexity index is 1330. The molecule has 45 heavy (non-hydrogen) atoms. The molecule has 2 rings (SSSR count). The summed E-state index contributed by atoms with van der Waals surface area (Å²) >= 11 is 0. The van der Waals surface area contributed by atoms with Crippen LogP contribution in [0.1, 0.15) is 86.3 Å². The molecule has 0 aliphatic carbocycles. The summed E-state index contributed by atoms with van der Waals surface area (Å²) in [5, 5.41) is 3.50. The van der Waals surface area contributed by atoms with Gasteiger partial charge in [-0.15, -0.1) is 5.54 Å². The summed E-state index contributed by atoms with van der Waals surface area (Å²) in [5.74, 6) is 3.85. The fourth-order valence-corrected chi connectivity index (χ4v) is 6.96. The fourth-order valence-electron chi connectivity index (χ4n) is 4.43. The Balaban J connectivity index is 2.52. The van der Waals surface area contributed by atoms with Crippen molar-refractivity contribution < 1.29 is 18.3 Å². The number of methoxy groups -OCH3 is 1. The number of hydrogen-bond acceptors (Lipinski definition) is 8. The molecule has 0 saturated carbocycles. The highest BCUT2D eigenvalue weighted by molar-refractivity contribution is 6.83. The van der Waals surface area contributed by atoms with Crippen molar-refractivity contribution in [2.45, 2.75) is 129 Å². The van der Waals surface area contributed by atoms with Crippen molar-refractivity contribution in [1.82, 2.24) is 5.32 Å². The van der Waals surface area contributed by atoms with Crippen molar-refractivity contribution in [3.8, 4) is 23.0 Å². The van der Waals surface area contributed by atoms with Gasteiger partial charge in [-0.05, 0) is 49.0 Å². The molecule has 11 heteroatoms. The maximum Gasteiger partial charge on any atom is 0.192 e. The third kappa shape index (κ3) is 10.7. The van der Waals surface area contributed by atoms with Crippen molar-refractivity contribution in [2.75, 3.05) is 13.7 Å². The van der Waals surface area contributed by atoms with E-state index in [0.717, 1.165) is 16.9 Å². The summed E-state index contributed by atoms with van der Waals surface area (Å²) in [4.78, 5) is 4.86. The number of benzene rings is 1. The normalized spacial score (nSPS) is 19.1. The van der Waals surface area contributed by atoms with E-state index < -0.39 is 37.5 Å². The van der Waals surface area contributed by atoms with Gasteiger partial charge in [-0.25, -0.2) is 4.99 Å². The molecule has 254 valence electrons. The fraction of sp³-hybridized carbons (Fsp3) is 0.676. The van der Waals surface area contributed by atoms with Crippen LogP contribution in [0.15, 0.2) is 29.1 Å². The van der Waals surface area contributed by atoms with Crippen LogP contribution in [0.2, 0.25) is 42.8 Å². The first-order valence-electron chi connectivity index (χ1n) is 16.0. The van der Waals surface area contributed by atoms with Gasteiger partial charge in [0.1, 0.15) is 19.6 Å². The lowest BCUT2D eigenvalue weighted by Gasteiger charge is -2.47. The molecule has 2 unspecified atom stereocenters. The summed E-state index contributed by atoms with van der Waals surface area (Å²) in [7, 11) is -2.95. The van der Waals surface area contributed by atoms with E-state index in [1.165, 1.54) is 0 Å². The van der Waals surface area contributed by atoms with Gasteiger partial charge < -0.3 is 29.4 Å². The first kappa shape index (κ1) is 39.1. The smallest absolute Gasteiger partial charge is 0.192 e. The zero-order chi connectivity index (χ0) is 34.8. The molecule has 1 aliphatic heterocycles. The number of nitrogens with zero attached hydrogens (tertiary/aromatic N) is 1. The van der Waals surface area contributed by atoms with Gasteiger partial charge in [-0.2, -0.15) is 0 Å². The Morgan fingerprint density at radius 2 is 1.60 bits per heavy atom. The zero-order valence-electron chi connectivity index (χ0n) is 31.0. The van der Waals surface area contributed by atoms with E-state index in [1.807, 2.05) is 12.1 Å². The van der Waals surface area contributed by atoms with E-state index in [-0.39, 0.29) is 27.7 Å². The third-order valence-electron chi connectivity index (χ3n) is 8.40. The molecule has 8 nitrogen and oxygen atoms in total. The molecule has 1 aliphatic rings. The molecule has 0 saturated heterocycles. The van der Waals surface area contributed by atoms with Crippen LogP contribution < -0.4 is 26.3 Å². The van der Waals surface area contributed by atoms with Gasteiger partial charge >= 0.3 is 0 Å². The molecule has 1 heterocycles. The summed E-state index contributed by atoms with van der Waals surface area (Å²) in [6.07, 6.45) is 1.72. The number of rotatable bonds is 11. The molecule has 2 atom stereocenters. The Labute approximate surface area is 278 Å². The van der Waals surface area contributed by atoms with Crippen LogP contribution in [-0.2, 0) is 8.85 Å². The minimum Gasteiger partial charge on any atom is -0.495 e. The lowest BCUT2D eigenvalue weighted by molar-refractivity contribution is -0.0289. The Kier molecular flexibility index (Phi) is 12.1. The molecule has 0 bridgehead atoms. The second kappa shape index (κ2) is 14.0. The quantitative estimate of drug-likeness (QED) is 0.180. The van der Waals surface area contributed by atoms with E-state index in [2.05, 4.69) is 119 Å². The van der Waals surface area contributed by atoms with Crippen molar-refractivity contribution in [2.24, 2.45) is 22.4 Å². The summed E-state index contributed by atoms with van der Waals surface area (Å²) in [6.45, 7) is 33.2. The minimum atomic E-state index is -2.10. The number of ether oxygens (including phenoxy) is 2. The molecule has 0 spiro atoms. The SMILES string of the molecule is COc1cc(C(C)C)c(OC2=CNC(N)(C(CO[Si](C)(C)C(C)(C)C)C(C)(C)O[SiH2]C(C)(C)C)N=C2N)cc1C#C[Si](C)(C)C. The van der Waals surface area contributed by atoms with E-state index >= 15 is 0 Å². The number of aliphatic imine (C=N–C) groups is 1. The van der Waals surface area contributed by atoms with Gasteiger partial charge in [0.2, 0.25) is 0 Å². The molecule has 0 aromatic heterocycles. The number of nitrogens with one attached hydrogen (secondary N) is 1. The van der Waals surface area contributed by atoms with Crippen LogP contribution in [0, 0.1) is 17.4 Å². The first-order chi connectivity index (χ1) is 20.2. The molecule has 5 N–H and O–H groups in total. The maximum absolute atomic E-state index is 7.09. The monoisotopic (exact) mass is 674 g/mol. The lowest BCUT2D eigenvalue weighted by Crippen LogP contribution is -2.66. The van der Waals surface area contributed by atoms with Crippen LogP contribution in [0.5, 0.6) is 11.5 Å². The Morgan fingerprint density at radius 1 is 1.00 bits per heavy atom. The second-order valence-corrected chi connectivity index (χ2v) is 29.2. The molecule has 1 aromatic carbocycles. The zero-order valence-corrected chi connectivity index (χ0v) is 34.5. The van der Waals surface area contributed by atoms with Gasteiger partial charge in [0.15, 0.2) is 35.5 Å². The summed E-state index contributed by atoms with van der Waals surface area (Å²) in [6, 6.07) is 3.93. The highest BCUT2D eigenvalue weighted by Gasteiger charge is 2.49. The van der Waals surface area contributed by atoms with Gasteiger partial charge in [0.25, 0.3) is 0 Å². The summed E-state index contributed by atoms with van der Waals surface area (Å²) < 4.78 is 25.6. The summed E-state index contributed by atoms with van der Waals surface area (Å²) in [5.41, 5.74) is 18.3. The van der Waals surface area contributed by atoms with E-state index in [9.17, 15) is 0 Å². The largest absolute Gasteiger partial charge is 0.495 e. The molecular weight excluding hydrogens is 613 g/mol. The number of nitrogens with two attached hydrogens (primary N) is 2. The third-order valence-corrected chi connectivity index (χ3v) is 15.5. The van der Waals surface area contributed by atoms with Gasteiger partial charge in [0, 0.05) is 24.4 Å². The van der Waals surface area contributed by atoms with Crippen molar-refractivity contribution in [3.05, 3.63) is 35.2 Å². The Morgan fingerprint density at radius 3 is 2.07 bits per heavy atom. The minimum absolute atomic E-state index is 0.0401. The van der Waals surface area contributed by atoms with Gasteiger partial charge in [-0.3, -0.25) is 5.73 Å². The predicted octanol–water partition coefficient (Wildman–Crippen LogP) is 6.58. The van der Waals surface area contributed by atoms with Crippen LogP contribution in [-0.4, -0.2) is 57.1 Å². The second-order valence-electron chi connectivity index (χ2n) is 16.9. The molecule has 0 fully saturated rings. The molecule has 0 amide bonds. The Hall–Kier alpha value is -2.08. The van der Waals surface area contributed by atoms with E-state index in [0.29, 0.717) is 18.1 Å². The van der Waals surface area contributed by atoms with Crippen LogP contribution in [0.3, 0.4) is 0 Å². The van der Waals surface area contributed by atoms with E-state index in [4.69, 9.17) is 34.8 Å². The van der Waals surface area contributed by atoms with E-state index in [1.54, 1.807) is 13.3 Å². The van der Waals surface area contributed by atoms with Crippen molar-refractivity contribution in [1.29, 1.82) is 0 Å².